The van der Waals surface area contributed by atoms with E-state index in [0.717, 1.165) is 6.08 Å². The molecule has 1 aromatic rings. The number of methoxy groups -OCH3 is 1. The molecule has 1 heterocycles. The third-order valence-corrected chi connectivity index (χ3v) is 4.27. The van der Waals surface area contributed by atoms with Gasteiger partial charge in [-0.3, -0.25) is 4.90 Å². The minimum absolute atomic E-state index is 0.119. The van der Waals surface area contributed by atoms with Gasteiger partial charge < -0.3 is 9.84 Å². The zero-order valence-electron chi connectivity index (χ0n) is 13.0. The van der Waals surface area contributed by atoms with Gasteiger partial charge in [-0.2, -0.15) is 4.91 Å². The first-order valence-corrected chi connectivity index (χ1v) is 7.68. The van der Waals surface area contributed by atoms with Crippen molar-refractivity contribution in [3.05, 3.63) is 51.4 Å². The molecule has 24 heavy (non-hydrogen) atoms. The van der Waals surface area contributed by atoms with Crippen LogP contribution in [-0.4, -0.2) is 48.2 Å². The summed E-state index contributed by atoms with van der Waals surface area (Å²) in [5, 5.41) is 12.4. The van der Waals surface area contributed by atoms with Crippen LogP contribution in [-0.2, 0) is 14.3 Å². The van der Waals surface area contributed by atoms with Crippen molar-refractivity contribution in [2.45, 2.75) is 18.5 Å². The van der Waals surface area contributed by atoms with Crippen molar-refractivity contribution in [1.82, 2.24) is 4.90 Å². The monoisotopic (exact) mass is 352 g/mol. The van der Waals surface area contributed by atoms with Crippen LogP contribution in [0.1, 0.15) is 18.0 Å². The van der Waals surface area contributed by atoms with Crippen LogP contribution in [0.4, 0.5) is 0 Å². The van der Waals surface area contributed by atoms with Crippen LogP contribution < -0.4 is 0 Å². The first-order valence-electron chi connectivity index (χ1n) is 7.30. The van der Waals surface area contributed by atoms with E-state index in [9.17, 15) is 14.5 Å². The minimum Gasteiger partial charge on any atom is -0.478 e. The lowest BCUT2D eigenvalue weighted by Gasteiger charge is -2.36. The normalized spacial score (nSPS) is 21.2. The molecule has 0 aliphatic carbocycles. The fourth-order valence-electron chi connectivity index (χ4n) is 2.81. The number of piperidine rings is 1. The Balaban J connectivity index is 2.37. The number of carboxylic acids is 1. The van der Waals surface area contributed by atoms with Crippen LogP contribution >= 0.6 is 11.6 Å². The van der Waals surface area contributed by atoms with Gasteiger partial charge in [0.25, 0.3) is 0 Å². The van der Waals surface area contributed by atoms with Gasteiger partial charge in [-0.25, -0.2) is 9.59 Å². The van der Waals surface area contributed by atoms with Crippen molar-refractivity contribution < 1.29 is 19.4 Å². The fourth-order valence-corrected chi connectivity index (χ4v) is 3.05. The molecule has 0 spiro atoms. The molecule has 8 heteroatoms. The van der Waals surface area contributed by atoms with E-state index in [1.165, 1.54) is 7.11 Å². The summed E-state index contributed by atoms with van der Waals surface area (Å²) in [7, 11) is 1.28. The molecular formula is C16H17ClN2O5. The average Bonchev–Trinajstić information content (AvgIpc) is 2.56. The maximum atomic E-state index is 12.3. The van der Waals surface area contributed by atoms with E-state index in [1.807, 2.05) is 0 Å². The molecule has 2 atom stereocenters. The average molecular weight is 353 g/mol. The topological polar surface area (TPSA) is 96.3 Å². The first kappa shape index (κ1) is 18.1. The van der Waals surface area contributed by atoms with Gasteiger partial charge in [0.1, 0.15) is 12.1 Å². The lowest BCUT2D eigenvalue weighted by molar-refractivity contribution is -0.147. The van der Waals surface area contributed by atoms with Crippen molar-refractivity contribution in [2.24, 2.45) is 5.18 Å². The molecule has 1 aromatic carbocycles. The summed E-state index contributed by atoms with van der Waals surface area (Å²) in [6, 6.07) is 5.40. The van der Waals surface area contributed by atoms with Gasteiger partial charge in [-0.05, 0) is 23.6 Å². The summed E-state index contributed by atoms with van der Waals surface area (Å²) < 4.78 is 4.88. The number of nitrogens with zero attached hydrogens (tertiary/aromatic N) is 2. The third-order valence-electron chi connectivity index (χ3n) is 3.93. The summed E-state index contributed by atoms with van der Waals surface area (Å²) in [4.78, 5) is 35.9. The van der Waals surface area contributed by atoms with Crippen molar-refractivity contribution in [3.63, 3.8) is 0 Å². The van der Waals surface area contributed by atoms with Crippen LogP contribution in [0.3, 0.4) is 0 Å². The molecule has 1 aliphatic rings. The number of ether oxygens (including phenoxy) is 1. The number of carbonyl (C=O) groups excluding carboxylic acids is 1. The number of benzene rings is 1. The van der Waals surface area contributed by atoms with Crippen LogP contribution in [0.15, 0.2) is 41.1 Å². The number of nitroso groups, excluding NO2 is 1. The number of halogens is 1. The Labute approximate surface area is 143 Å². The van der Waals surface area contributed by atoms with Gasteiger partial charge >= 0.3 is 11.9 Å². The van der Waals surface area contributed by atoms with Gasteiger partial charge in [0.2, 0.25) is 0 Å². The molecule has 1 saturated heterocycles. The molecule has 0 aromatic heterocycles. The van der Waals surface area contributed by atoms with E-state index in [1.54, 1.807) is 29.2 Å². The number of likely N-dealkylation sites (tertiary alicyclic amines) is 1. The van der Waals surface area contributed by atoms with Crippen molar-refractivity contribution in [1.29, 1.82) is 0 Å². The standard InChI is InChI=1S/C16H17ClN2O5/c1-24-16(22)15(11-4-2-3-5-12(11)17)19-7-6-13(18-23)10(9-19)8-14(20)21/h2-5,8,13,15H,6-7,9H2,1H3,(H,20,21)/t13-,15-/m0/s1. The predicted molar refractivity (Wildman–Crippen MR) is 87.7 cm³/mol. The highest BCUT2D eigenvalue weighted by atomic mass is 35.5. The Morgan fingerprint density at radius 3 is 2.75 bits per heavy atom. The summed E-state index contributed by atoms with van der Waals surface area (Å²) in [6.45, 7) is 0.506. The first-order chi connectivity index (χ1) is 11.5. The highest BCUT2D eigenvalue weighted by Gasteiger charge is 2.35. The number of aliphatic carboxylic acids is 1. The van der Waals surface area contributed by atoms with Crippen LogP contribution in [0.25, 0.3) is 0 Å². The molecule has 1 N–H and O–H groups in total. The smallest absolute Gasteiger partial charge is 0.328 e. The number of hydrogen-bond donors (Lipinski definition) is 1. The molecular weight excluding hydrogens is 336 g/mol. The molecule has 0 amide bonds. The summed E-state index contributed by atoms with van der Waals surface area (Å²) in [6.07, 6.45) is 1.29. The van der Waals surface area contributed by atoms with Crippen molar-refractivity contribution in [2.75, 3.05) is 20.2 Å². The van der Waals surface area contributed by atoms with Crippen molar-refractivity contribution in [3.8, 4) is 0 Å². The number of carboxylic acid groups (broad SMARTS) is 1. The number of hydrogen-bond acceptors (Lipinski definition) is 6. The predicted octanol–water partition coefficient (Wildman–Crippen LogP) is 2.41. The summed E-state index contributed by atoms with van der Waals surface area (Å²) >= 11 is 6.20. The zero-order valence-corrected chi connectivity index (χ0v) is 13.8. The highest BCUT2D eigenvalue weighted by Crippen LogP contribution is 2.32. The van der Waals surface area contributed by atoms with Crippen LogP contribution in [0.5, 0.6) is 0 Å². The van der Waals surface area contributed by atoms with Gasteiger partial charge in [0.05, 0.1) is 7.11 Å². The van der Waals surface area contributed by atoms with Gasteiger partial charge in [0, 0.05) is 24.2 Å². The molecule has 0 unspecified atom stereocenters. The Bertz CT molecular complexity index is 676. The Morgan fingerprint density at radius 1 is 1.46 bits per heavy atom. The highest BCUT2D eigenvalue weighted by molar-refractivity contribution is 6.31. The Hall–Kier alpha value is -2.25. The number of rotatable bonds is 5. The Kier molecular flexibility index (Phi) is 6.05. The SMILES string of the molecule is COC(=O)[C@H](c1ccccc1Cl)N1CC[C@H](N=O)C(=CC(=O)O)C1. The lowest BCUT2D eigenvalue weighted by atomic mass is 9.95. The molecule has 0 bridgehead atoms. The molecule has 0 radical (unpaired) electrons. The largest absolute Gasteiger partial charge is 0.478 e. The van der Waals surface area contributed by atoms with E-state index in [2.05, 4.69) is 5.18 Å². The summed E-state index contributed by atoms with van der Waals surface area (Å²) in [5.74, 6) is -1.66. The fraction of sp³-hybridized carbons (Fsp3) is 0.375. The third kappa shape index (κ3) is 3.98. The summed E-state index contributed by atoms with van der Waals surface area (Å²) in [5.41, 5.74) is 0.919. The molecule has 1 fully saturated rings. The van der Waals surface area contributed by atoms with E-state index < -0.39 is 24.0 Å². The minimum atomic E-state index is -1.16. The second-order valence-electron chi connectivity index (χ2n) is 5.39. The van der Waals surface area contributed by atoms with Crippen LogP contribution in [0.2, 0.25) is 5.02 Å². The van der Waals surface area contributed by atoms with Crippen molar-refractivity contribution >= 4 is 23.5 Å². The Morgan fingerprint density at radius 2 is 2.17 bits per heavy atom. The molecule has 128 valence electrons. The zero-order chi connectivity index (χ0) is 17.7. The molecule has 1 aliphatic heterocycles. The second kappa shape index (κ2) is 8.03. The second-order valence-corrected chi connectivity index (χ2v) is 5.79. The van der Waals surface area contributed by atoms with Gasteiger partial charge in [-0.15, -0.1) is 0 Å². The quantitative estimate of drug-likeness (QED) is 0.496. The molecule has 2 rings (SSSR count). The number of esters is 1. The van der Waals surface area contributed by atoms with E-state index in [-0.39, 0.29) is 6.54 Å². The van der Waals surface area contributed by atoms with E-state index in [0.29, 0.717) is 29.1 Å². The maximum Gasteiger partial charge on any atom is 0.328 e. The van der Waals surface area contributed by atoms with Crippen LogP contribution in [0, 0.1) is 4.91 Å². The van der Waals surface area contributed by atoms with E-state index >= 15 is 0 Å². The molecule has 7 nitrogen and oxygen atoms in total. The van der Waals surface area contributed by atoms with E-state index in [4.69, 9.17) is 21.4 Å². The van der Waals surface area contributed by atoms with Gasteiger partial charge in [-0.1, -0.05) is 35.0 Å². The maximum absolute atomic E-state index is 12.3. The molecule has 0 saturated carbocycles. The number of carbonyl (C=O) groups is 2. The van der Waals surface area contributed by atoms with Gasteiger partial charge in [0.15, 0.2) is 0 Å². The lowest BCUT2D eigenvalue weighted by Crippen LogP contribution is -2.43.